The van der Waals surface area contributed by atoms with Crippen LogP contribution in [0.5, 0.6) is 0 Å². The number of hydrogen-bond donors (Lipinski definition) is 1. The molecule has 0 aliphatic heterocycles. The number of halogens is 1. The maximum atomic E-state index is 4.62. The van der Waals surface area contributed by atoms with Gasteiger partial charge in [0.25, 0.3) is 0 Å². The molecule has 1 aromatic carbocycles. The Hall–Kier alpha value is -0.710. The summed E-state index contributed by atoms with van der Waals surface area (Å²) in [6, 6.07) is 8.42. The van der Waals surface area contributed by atoms with Crippen LogP contribution in [-0.4, -0.2) is 12.0 Å². The van der Waals surface area contributed by atoms with E-state index < -0.39 is 0 Å². The van der Waals surface area contributed by atoms with Gasteiger partial charge in [0, 0.05) is 12.1 Å². The molecule has 84 valence electrons. The van der Waals surface area contributed by atoms with Crippen molar-refractivity contribution in [1.82, 2.24) is 10.3 Å². The molecule has 0 aliphatic rings. The molecule has 2 rings (SSSR count). The summed E-state index contributed by atoms with van der Waals surface area (Å²) < 4.78 is 1.11. The highest BCUT2D eigenvalue weighted by molar-refractivity contribution is 9.11. The van der Waals surface area contributed by atoms with E-state index in [4.69, 9.17) is 0 Å². The van der Waals surface area contributed by atoms with E-state index in [0.717, 1.165) is 21.0 Å². The Labute approximate surface area is 108 Å². The first-order valence-corrected chi connectivity index (χ1v) is 6.68. The zero-order chi connectivity index (χ0) is 11.5. The van der Waals surface area contributed by atoms with Crippen LogP contribution in [0.3, 0.4) is 0 Å². The minimum atomic E-state index is 0.795. The lowest BCUT2D eigenvalue weighted by molar-refractivity contribution is 0.795. The van der Waals surface area contributed by atoms with Gasteiger partial charge in [-0.15, -0.1) is 11.3 Å². The number of nitrogens with zero attached hydrogens (tertiary/aromatic N) is 1. The van der Waals surface area contributed by atoms with Crippen LogP contribution in [-0.2, 0) is 6.54 Å². The Morgan fingerprint density at radius 1 is 1.44 bits per heavy atom. The second-order valence-corrected chi connectivity index (χ2v) is 5.96. The molecule has 1 heterocycles. The van der Waals surface area contributed by atoms with E-state index >= 15 is 0 Å². The van der Waals surface area contributed by atoms with Gasteiger partial charge in [0.15, 0.2) is 0 Å². The minimum Gasteiger partial charge on any atom is -0.314 e. The minimum absolute atomic E-state index is 0.795. The lowest BCUT2D eigenvalue weighted by atomic mass is 10.1. The van der Waals surface area contributed by atoms with Crippen LogP contribution in [0.1, 0.15) is 11.3 Å². The Morgan fingerprint density at radius 2 is 2.25 bits per heavy atom. The molecule has 0 atom stereocenters. The lowest BCUT2D eigenvalue weighted by Gasteiger charge is -1.97. The summed E-state index contributed by atoms with van der Waals surface area (Å²) in [5, 5.41) is 4.19. The van der Waals surface area contributed by atoms with Gasteiger partial charge in [0.1, 0.15) is 5.01 Å². The van der Waals surface area contributed by atoms with Crippen molar-refractivity contribution in [2.24, 2.45) is 0 Å². The average molecular weight is 297 g/mol. The number of hydrogen-bond acceptors (Lipinski definition) is 3. The molecule has 0 amide bonds. The number of rotatable bonds is 3. The van der Waals surface area contributed by atoms with Crippen molar-refractivity contribution in [3.05, 3.63) is 39.3 Å². The van der Waals surface area contributed by atoms with Gasteiger partial charge in [-0.2, -0.15) is 0 Å². The van der Waals surface area contributed by atoms with Crippen LogP contribution in [0.4, 0.5) is 0 Å². The smallest absolute Gasteiger partial charge is 0.124 e. The molecule has 0 aliphatic carbocycles. The molecular weight excluding hydrogens is 284 g/mol. The van der Waals surface area contributed by atoms with Crippen LogP contribution in [0.15, 0.2) is 28.1 Å². The molecule has 1 aromatic heterocycles. The van der Waals surface area contributed by atoms with Gasteiger partial charge >= 0.3 is 0 Å². The molecule has 0 bridgehead atoms. The first kappa shape index (κ1) is 11.8. The standard InChI is InChI=1S/C12H13BrN2S/c1-8-4-3-5-9(6-8)12-15-10(7-14-2)11(13)16-12/h3-6,14H,7H2,1-2H3. The Bertz CT molecular complexity index is 494. The fourth-order valence-electron chi connectivity index (χ4n) is 1.51. The number of aromatic nitrogens is 1. The lowest BCUT2D eigenvalue weighted by Crippen LogP contribution is -2.05. The Morgan fingerprint density at radius 3 is 2.94 bits per heavy atom. The van der Waals surface area contributed by atoms with E-state index in [-0.39, 0.29) is 0 Å². The Balaban J connectivity index is 2.37. The summed E-state index contributed by atoms with van der Waals surface area (Å²) in [4.78, 5) is 4.62. The van der Waals surface area contributed by atoms with Crippen molar-refractivity contribution < 1.29 is 0 Å². The van der Waals surface area contributed by atoms with Crippen LogP contribution >= 0.6 is 27.3 Å². The quantitative estimate of drug-likeness (QED) is 0.936. The van der Waals surface area contributed by atoms with Crippen molar-refractivity contribution in [2.45, 2.75) is 13.5 Å². The fraction of sp³-hybridized carbons (Fsp3) is 0.250. The molecule has 0 saturated carbocycles. The predicted molar refractivity (Wildman–Crippen MR) is 72.8 cm³/mol. The van der Waals surface area contributed by atoms with Gasteiger partial charge in [0.05, 0.1) is 9.48 Å². The highest BCUT2D eigenvalue weighted by Crippen LogP contribution is 2.32. The maximum absolute atomic E-state index is 4.62. The van der Waals surface area contributed by atoms with E-state index in [9.17, 15) is 0 Å². The van der Waals surface area contributed by atoms with Gasteiger partial charge in [-0.05, 0) is 36.0 Å². The summed E-state index contributed by atoms with van der Waals surface area (Å²) in [6.07, 6.45) is 0. The largest absolute Gasteiger partial charge is 0.314 e. The van der Waals surface area contributed by atoms with E-state index in [1.807, 2.05) is 7.05 Å². The SMILES string of the molecule is CNCc1nc(-c2cccc(C)c2)sc1Br. The van der Waals surface area contributed by atoms with Crippen LogP contribution in [0.25, 0.3) is 10.6 Å². The molecule has 0 saturated heterocycles. The van der Waals surface area contributed by atoms with Gasteiger partial charge in [-0.3, -0.25) is 0 Å². The molecule has 0 spiro atoms. The van der Waals surface area contributed by atoms with Gasteiger partial charge < -0.3 is 5.32 Å². The third-order valence-electron chi connectivity index (χ3n) is 2.26. The molecule has 0 unspecified atom stereocenters. The second-order valence-electron chi connectivity index (χ2n) is 3.64. The molecule has 1 N–H and O–H groups in total. The predicted octanol–water partition coefficient (Wildman–Crippen LogP) is 3.60. The van der Waals surface area contributed by atoms with E-state index in [0.29, 0.717) is 0 Å². The van der Waals surface area contributed by atoms with Crippen molar-refractivity contribution in [3.63, 3.8) is 0 Å². The summed E-state index contributed by atoms with van der Waals surface area (Å²) in [6.45, 7) is 2.89. The second kappa shape index (κ2) is 5.08. The topological polar surface area (TPSA) is 24.9 Å². The highest BCUT2D eigenvalue weighted by Gasteiger charge is 2.09. The first-order chi connectivity index (χ1) is 7.70. The van der Waals surface area contributed by atoms with Crippen molar-refractivity contribution in [2.75, 3.05) is 7.05 Å². The van der Waals surface area contributed by atoms with Gasteiger partial charge in [-0.25, -0.2) is 4.98 Å². The molecule has 4 heteroatoms. The van der Waals surface area contributed by atoms with Crippen LogP contribution < -0.4 is 5.32 Å². The molecule has 2 aromatic rings. The van der Waals surface area contributed by atoms with E-state index in [1.165, 1.54) is 11.1 Å². The zero-order valence-electron chi connectivity index (χ0n) is 9.25. The summed E-state index contributed by atoms with van der Waals surface area (Å²) in [7, 11) is 1.93. The molecule has 0 fully saturated rings. The van der Waals surface area contributed by atoms with Crippen molar-refractivity contribution >= 4 is 27.3 Å². The molecule has 16 heavy (non-hydrogen) atoms. The van der Waals surface area contributed by atoms with Gasteiger partial charge in [-0.1, -0.05) is 23.8 Å². The number of benzene rings is 1. The summed E-state index contributed by atoms with van der Waals surface area (Å²) in [5.41, 5.74) is 3.52. The number of aryl methyl sites for hydroxylation is 1. The third-order valence-corrected chi connectivity index (χ3v) is 4.14. The summed E-state index contributed by atoms with van der Waals surface area (Å²) in [5.74, 6) is 0. The van der Waals surface area contributed by atoms with Crippen molar-refractivity contribution in [1.29, 1.82) is 0 Å². The molecule has 0 radical (unpaired) electrons. The number of thiazole rings is 1. The van der Waals surface area contributed by atoms with Crippen LogP contribution in [0, 0.1) is 6.92 Å². The van der Waals surface area contributed by atoms with E-state index in [1.54, 1.807) is 11.3 Å². The van der Waals surface area contributed by atoms with Crippen molar-refractivity contribution in [3.8, 4) is 10.6 Å². The zero-order valence-corrected chi connectivity index (χ0v) is 11.7. The average Bonchev–Trinajstić information content (AvgIpc) is 2.61. The number of nitrogens with one attached hydrogen (secondary N) is 1. The van der Waals surface area contributed by atoms with Crippen LogP contribution in [0.2, 0.25) is 0 Å². The third kappa shape index (κ3) is 2.51. The monoisotopic (exact) mass is 296 g/mol. The first-order valence-electron chi connectivity index (χ1n) is 5.07. The fourth-order valence-corrected chi connectivity index (χ4v) is 3.01. The maximum Gasteiger partial charge on any atom is 0.124 e. The highest BCUT2D eigenvalue weighted by atomic mass is 79.9. The molecule has 2 nitrogen and oxygen atoms in total. The van der Waals surface area contributed by atoms with Gasteiger partial charge in [0.2, 0.25) is 0 Å². The van der Waals surface area contributed by atoms with E-state index in [2.05, 4.69) is 57.4 Å². The summed E-state index contributed by atoms with van der Waals surface area (Å²) >= 11 is 5.23. The normalized spacial score (nSPS) is 10.7. The molecular formula is C12H13BrN2S. The Kier molecular flexibility index (Phi) is 3.74.